The summed E-state index contributed by atoms with van der Waals surface area (Å²) in [6.07, 6.45) is 2.49. The van der Waals surface area contributed by atoms with Crippen molar-refractivity contribution in [3.8, 4) is 5.75 Å². The number of β-lactam (4-membered cyclic amide) rings is 1. The third kappa shape index (κ3) is 8.02. The van der Waals surface area contributed by atoms with Gasteiger partial charge >= 0.3 is 11.9 Å². The Kier molecular flexibility index (Phi) is 11.8. The molecule has 280 valence electrons. The Labute approximate surface area is 317 Å². The van der Waals surface area contributed by atoms with Gasteiger partial charge in [0.25, 0.3) is 5.91 Å². The molecule has 0 unspecified atom stereocenters. The minimum absolute atomic E-state index is 0.0422. The molecule has 2 amide bonds. The van der Waals surface area contributed by atoms with E-state index >= 15 is 0 Å². The molecule has 2 atom stereocenters. The SMILES string of the molecule is Cc1c(Cl)cc(C(=O)NCC[N+]2(CC3=C(C(=O)O)N4C(=O)[C@@H](CC(=O)/C(=N\OC(C)(C)C(=O)O)c5csc(N)n5)[C@H]4SC3)CCCCC2)c(Cl)c1O. The van der Waals surface area contributed by atoms with Gasteiger partial charge in [0.15, 0.2) is 16.6 Å². The monoisotopic (exact) mass is 797 g/mol. The van der Waals surface area contributed by atoms with Crippen molar-refractivity contribution in [3.63, 3.8) is 0 Å². The van der Waals surface area contributed by atoms with Crippen LogP contribution in [0.2, 0.25) is 10.0 Å². The summed E-state index contributed by atoms with van der Waals surface area (Å²) >= 11 is 14.8. The molecule has 2 saturated heterocycles. The lowest BCUT2D eigenvalue weighted by atomic mass is 9.89. The van der Waals surface area contributed by atoms with Crippen LogP contribution in [0.4, 0.5) is 5.13 Å². The maximum absolute atomic E-state index is 13.6. The predicted octanol–water partition coefficient (Wildman–Crippen LogP) is 3.89. The van der Waals surface area contributed by atoms with Crippen LogP contribution in [0, 0.1) is 12.8 Å². The van der Waals surface area contributed by atoms with E-state index in [-0.39, 0.29) is 56.6 Å². The second-order valence-corrected chi connectivity index (χ2v) is 16.3. The Morgan fingerprint density at radius 3 is 2.50 bits per heavy atom. The van der Waals surface area contributed by atoms with Crippen LogP contribution in [0.1, 0.15) is 61.1 Å². The van der Waals surface area contributed by atoms with Crippen LogP contribution in [-0.4, -0.2) is 114 Å². The topological polar surface area (TPSA) is 222 Å². The molecule has 0 saturated carbocycles. The summed E-state index contributed by atoms with van der Waals surface area (Å²) in [5, 5.41) is 37.8. The number of nitrogens with zero attached hydrogens (tertiary/aromatic N) is 4. The van der Waals surface area contributed by atoms with Crippen molar-refractivity contribution in [1.29, 1.82) is 0 Å². The van der Waals surface area contributed by atoms with Crippen molar-refractivity contribution < 1.29 is 48.6 Å². The van der Waals surface area contributed by atoms with E-state index in [0.717, 1.165) is 43.7 Å². The van der Waals surface area contributed by atoms with Crippen LogP contribution in [0.25, 0.3) is 0 Å². The molecule has 5 rings (SSSR count). The van der Waals surface area contributed by atoms with Gasteiger partial charge in [-0.15, -0.1) is 23.1 Å². The largest absolute Gasteiger partial charge is 0.506 e. The maximum Gasteiger partial charge on any atom is 0.352 e. The molecule has 1 aromatic carbocycles. The van der Waals surface area contributed by atoms with Crippen LogP contribution in [-0.2, 0) is 24.0 Å². The number of thioether (sulfide) groups is 1. The normalized spacial score (nSPS) is 20.2. The van der Waals surface area contributed by atoms with E-state index in [2.05, 4.69) is 15.5 Å². The molecule has 6 N–H and O–H groups in total. The summed E-state index contributed by atoms with van der Waals surface area (Å²) in [5.41, 5.74) is 4.65. The van der Waals surface area contributed by atoms with E-state index in [1.54, 1.807) is 6.92 Å². The van der Waals surface area contributed by atoms with Crippen LogP contribution in [0.5, 0.6) is 5.75 Å². The minimum Gasteiger partial charge on any atom is -0.506 e. The highest BCUT2D eigenvalue weighted by Crippen LogP contribution is 2.46. The van der Waals surface area contributed by atoms with E-state index < -0.39 is 46.4 Å². The molecule has 1 aromatic heterocycles. The smallest absolute Gasteiger partial charge is 0.352 e. The number of nitrogens with two attached hydrogens (primary N) is 1. The third-order valence-electron chi connectivity index (χ3n) is 9.51. The molecule has 2 aromatic rings. The van der Waals surface area contributed by atoms with E-state index in [4.69, 9.17) is 33.8 Å². The zero-order valence-corrected chi connectivity index (χ0v) is 31.8. The second kappa shape index (κ2) is 15.6. The average Bonchev–Trinajstić information content (AvgIpc) is 3.53. The predicted molar refractivity (Wildman–Crippen MR) is 196 cm³/mol. The molecular weight excluding hydrogens is 759 g/mol. The third-order valence-corrected chi connectivity index (χ3v) is 12.4. The molecule has 4 heterocycles. The number of piperidine rings is 1. The standard InChI is InChI=1S/C33H38Cl2N6O9S2/c1-16-20(34)11-18(23(35)26(16)43)27(44)37-7-10-41(8-5-4-6-9-41)13-17-14-51-29-19(28(45)40(29)25(17)30(46)47)12-22(42)24(21-15-52-32(36)38-21)39-50-33(2,3)31(48)49/h11,15,19,29H,4-10,12-14H2,1-3H3,(H5-,36,37,38,43,44,46,47,48,49)/p+1/b39-24-/t19-,29-/m1/s1. The van der Waals surface area contributed by atoms with Gasteiger partial charge in [0.1, 0.15) is 23.7 Å². The number of benzene rings is 1. The number of phenols is 1. The zero-order valence-electron chi connectivity index (χ0n) is 28.6. The molecule has 2 fully saturated rings. The number of aromatic nitrogens is 1. The maximum atomic E-state index is 13.6. The number of carboxylic acid groups (broad SMARTS) is 2. The number of aliphatic carboxylic acids is 2. The van der Waals surface area contributed by atoms with E-state index in [1.165, 1.54) is 42.0 Å². The van der Waals surface area contributed by atoms with Crippen LogP contribution >= 0.6 is 46.3 Å². The number of carboxylic acids is 2. The number of fused-ring (bicyclic) bond motifs is 1. The molecule has 0 aliphatic carbocycles. The first kappa shape index (κ1) is 39.3. The summed E-state index contributed by atoms with van der Waals surface area (Å²) in [7, 11) is 0. The fourth-order valence-electron chi connectivity index (χ4n) is 6.49. The number of oxime groups is 1. The number of carbonyl (C=O) groups excluding carboxylic acids is 3. The first-order chi connectivity index (χ1) is 24.5. The van der Waals surface area contributed by atoms with E-state index in [9.17, 15) is 39.3 Å². The van der Waals surface area contributed by atoms with Gasteiger partial charge in [0, 0.05) is 33.7 Å². The molecule has 19 heteroatoms. The van der Waals surface area contributed by atoms with Crippen LogP contribution in [0.15, 0.2) is 27.9 Å². The first-order valence-corrected chi connectivity index (χ1v) is 19.1. The number of phenolic OH excluding ortho intramolecular Hbond substituents is 1. The fourth-order valence-corrected chi connectivity index (χ4v) is 8.92. The number of nitrogens with one attached hydrogen (secondary N) is 1. The van der Waals surface area contributed by atoms with E-state index in [1.807, 2.05) is 0 Å². The zero-order chi connectivity index (χ0) is 38.1. The van der Waals surface area contributed by atoms with Gasteiger partial charge in [-0.3, -0.25) is 19.3 Å². The molecule has 3 aliphatic rings. The van der Waals surface area contributed by atoms with Gasteiger partial charge in [-0.1, -0.05) is 28.4 Å². The number of anilines is 1. The number of ketones is 1. The number of Topliss-reactive ketones (excluding diaryl/α,β-unsaturated/α-hetero) is 1. The van der Waals surface area contributed by atoms with Crippen molar-refractivity contribution in [2.45, 2.75) is 57.4 Å². The lowest BCUT2D eigenvalue weighted by Crippen LogP contribution is -2.63. The number of hydrogen-bond donors (Lipinski definition) is 5. The Morgan fingerprint density at radius 1 is 1.19 bits per heavy atom. The summed E-state index contributed by atoms with van der Waals surface area (Å²) in [5.74, 6) is -5.06. The number of thiazole rings is 1. The molecule has 0 radical (unpaired) electrons. The average molecular weight is 799 g/mol. The lowest BCUT2D eigenvalue weighted by molar-refractivity contribution is -0.927. The summed E-state index contributed by atoms with van der Waals surface area (Å²) < 4.78 is 0.499. The number of amides is 2. The van der Waals surface area contributed by atoms with Gasteiger partial charge in [-0.05, 0) is 46.1 Å². The van der Waals surface area contributed by atoms with E-state index in [0.29, 0.717) is 34.5 Å². The Balaban J connectivity index is 1.31. The van der Waals surface area contributed by atoms with Crippen molar-refractivity contribution in [1.82, 2.24) is 15.2 Å². The van der Waals surface area contributed by atoms with Crippen molar-refractivity contribution in [2.75, 3.05) is 44.2 Å². The molecule has 15 nitrogen and oxygen atoms in total. The number of quaternary nitrogens is 1. The van der Waals surface area contributed by atoms with Crippen molar-refractivity contribution in [2.24, 2.45) is 11.1 Å². The fraction of sp³-hybridized carbons (Fsp3) is 0.485. The molecule has 0 spiro atoms. The lowest BCUT2D eigenvalue weighted by Gasteiger charge is -2.50. The highest BCUT2D eigenvalue weighted by Gasteiger charge is 2.55. The van der Waals surface area contributed by atoms with Crippen molar-refractivity contribution in [3.05, 3.63) is 49.6 Å². The molecule has 52 heavy (non-hydrogen) atoms. The number of rotatable bonds is 14. The summed E-state index contributed by atoms with van der Waals surface area (Å²) in [6, 6.07) is 1.40. The molecular formula is C33H39Cl2N6O9S2+. The Hall–Kier alpha value is -3.90. The Morgan fingerprint density at radius 2 is 1.88 bits per heavy atom. The Bertz CT molecular complexity index is 1880. The number of aromatic hydroxyl groups is 1. The van der Waals surface area contributed by atoms with Gasteiger partial charge in [-0.25, -0.2) is 14.6 Å². The van der Waals surface area contributed by atoms with Gasteiger partial charge in [-0.2, -0.15) is 0 Å². The number of halogens is 2. The first-order valence-electron chi connectivity index (χ1n) is 16.4. The summed E-state index contributed by atoms with van der Waals surface area (Å²) in [6.45, 7) is 6.66. The number of hydrogen-bond acceptors (Lipinski definition) is 12. The second-order valence-electron chi connectivity index (χ2n) is 13.5. The number of carbonyl (C=O) groups is 5. The highest BCUT2D eigenvalue weighted by molar-refractivity contribution is 8.00. The molecule has 3 aliphatic heterocycles. The summed E-state index contributed by atoms with van der Waals surface area (Å²) in [4.78, 5) is 75.0. The van der Waals surface area contributed by atoms with Gasteiger partial charge in [0.2, 0.25) is 11.5 Å². The van der Waals surface area contributed by atoms with Crippen LogP contribution in [0.3, 0.4) is 0 Å². The van der Waals surface area contributed by atoms with Gasteiger partial charge in [0.05, 0.1) is 48.1 Å². The number of nitrogen functional groups attached to an aromatic ring is 1. The minimum atomic E-state index is -1.76. The van der Waals surface area contributed by atoms with Crippen LogP contribution < -0.4 is 11.1 Å². The highest BCUT2D eigenvalue weighted by atomic mass is 35.5. The number of likely N-dealkylation sites (tertiary alicyclic amines) is 1. The van der Waals surface area contributed by atoms with Gasteiger partial charge < -0.3 is 35.7 Å². The van der Waals surface area contributed by atoms with Crippen molar-refractivity contribution >= 4 is 86.7 Å². The molecule has 0 bridgehead atoms. The quantitative estimate of drug-likeness (QED) is 0.0796.